The third kappa shape index (κ3) is 5.81. The molecule has 1 aromatic carbocycles. The molecule has 0 radical (unpaired) electrons. The minimum absolute atomic E-state index is 0.387. The minimum Gasteiger partial charge on any atom is -0.453 e. The van der Waals surface area contributed by atoms with Crippen LogP contribution in [0.5, 0.6) is 0 Å². The minimum atomic E-state index is -4.67. The van der Waals surface area contributed by atoms with Crippen LogP contribution in [0.25, 0.3) is 11.0 Å². The molecule has 1 amide bonds. The molecule has 0 aliphatic carbocycles. The average Bonchev–Trinajstić information content (AvgIpc) is 2.68. The summed E-state index contributed by atoms with van der Waals surface area (Å²) in [4.78, 5) is 17.9. The SMILES string of the molecule is COC(=O)Nc1nc2ccccc2[nH]1.O=S(=O)(O)O. The largest absolute Gasteiger partial charge is 0.453 e. The van der Waals surface area contributed by atoms with E-state index in [1.54, 1.807) is 0 Å². The summed E-state index contributed by atoms with van der Waals surface area (Å²) in [6.45, 7) is 0. The number of benzene rings is 1. The van der Waals surface area contributed by atoms with Gasteiger partial charge in [0.2, 0.25) is 5.95 Å². The molecule has 1 heterocycles. The summed E-state index contributed by atoms with van der Waals surface area (Å²) in [6.07, 6.45) is -0.538. The average molecular weight is 289 g/mol. The maximum absolute atomic E-state index is 10.9. The number of nitrogens with one attached hydrogen (secondary N) is 2. The van der Waals surface area contributed by atoms with E-state index in [4.69, 9.17) is 17.5 Å². The van der Waals surface area contributed by atoms with E-state index in [9.17, 15) is 4.79 Å². The molecule has 9 nitrogen and oxygen atoms in total. The van der Waals surface area contributed by atoms with Crippen LogP contribution in [0.1, 0.15) is 0 Å². The highest BCUT2D eigenvalue weighted by molar-refractivity contribution is 7.79. The summed E-state index contributed by atoms with van der Waals surface area (Å²) in [7, 11) is -3.36. The van der Waals surface area contributed by atoms with E-state index in [1.165, 1.54) is 7.11 Å². The van der Waals surface area contributed by atoms with Crippen LogP contribution in [0.3, 0.4) is 0 Å². The quantitative estimate of drug-likeness (QED) is 0.575. The number of carbonyl (C=O) groups excluding carboxylic acids is 1. The molecule has 0 unspecified atom stereocenters. The van der Waals surface area contributed by atoms with Gasteiger partial charge in [0.05, 0.1) is 18.1 Å². The van der Waals surface area contributed by atoms with Crippen molar-refractivity contribution < 1.29 is 27.1 Å². The molecule has 2 rings (SSSR count). The Labute approximate surface area is 108 Å². The molecule has 2 aromatic rings. The number of hydrogen-bond acceptors (Lipinski definition) is 5. The first-order valence-electron chi connectivity index (χ1n) is 4.79. The van der Waals surface area contributed by atoms with Crippen molar-refractivity contribution in [2.45, 2.75) is 0 Å². The molecule has 1 aromatic heterocycles. The predicted octanol–water partition coefficient (Wildman–Crippen LogP) is 1.09. The number of ether oxygens (including phenoxy) is 1. The maximum atomic E-state index is 10.9. The Kier molecular flexibility index (Phi) is 4.80. The Morgan fingerprint density at radius 1 is 1.37 bits per heavy atom. The second-order valence-corrected chi connectivity index (χ2v) is 4.06. The number of methoxy groups -OCH3 is 1. The predicted molar refractivity (Wildman–Crippen MR) is 66.3 cm³/mol. The molecule has 0 atom stereocenters. The van der Waals surface area contributed by atoms with Gasteiger partial charge in [-0.05, 0) is 12.1 Å². The zero-order valence-corrected chi connectivity index (χ0v) is 10.5. The van der Waals surface area contributed by atoms with Crippen LogP contribution in [0.15, 0.2) is 24.3 Å². The van der Waals surface area contributed by atoms with E-state index in [0.717, 1.165) is 11.0 Å². The fourth-order valence-electron chi connectivity index (χ4n) is 1.16. The van der Waals surface area contributed by atoms with Gasteiger partial charge < -0.3 is 9.72 Å². The molecule has 0 bridgehead atoms. The molecule has 0 spiro atoms. The number of H-pyrrole nitrogens is 1. The lowest BCUT2D eigenvalue weighted by atomic mass is 10.3. The number of nitrogens with zero attached hydrogens (tertiary/aromatic N) is 1. The lowest BCUT2D eigenvalue weighted by molar-refractivity contribution is 0.186. The highest BCUT2D eigenvalue weighted by atomic mass is 32.3. The molecule has 0 fully saturated rings. The highest BCUT2D eigenvalue weighted by Gasteiger charge is 2.04. The van der Waals surface area contributed by atoms with Crippen molar-refractivity contribution in [1.29, 1.82) is 0 Å². The lowest BCUT2D eigenvalue weighted by Crippen LogP contribution is -2.11. The third-order valence-electron chi connectivity index (χ3n) is 1.80. The summed E-state index contributed by atoms with van der Waals surface area (Å²) in [5.41, 5.74) is 1.68. The van der Waals surface area contributed by atoms with Gasteiger partial charge in [-0.2, -0.15) is 8.42 Å². The van der Waals surface area contributed by atoms with E-state index >= 15 is 0 Å². The zero-order chi connectivity index (χ0) is 14.5. The van der Waals surface area contributed by atoms with Gasteiger partial charge >= 0.3 is 16.5 Å². The molecule has 0 saturated carbocycles. The van der Waals surface area contributed by atoms with Crippen LogP contribution in [-0.2, 0) is 15.1 Å². The van der Waals surface area contributed by atoms with Gasteiger partial charge in [-0.3, -0.25) is 14.4 Å². The Hall–Kier alpha value is -2.17. The summed E-state index contributed by atoms with van der Waals surface area (Å²) in [6, 6.07) is 7.51. The fourth-order valence-corrected chi connectivity index (χ4v) is 1.16. The Morgan fingerprint density at radius 3 is 2.47 bits per heavy atom. The zero-order valence-electron chi connectivity index (χ0n) is 9.69. The Balaban J connectivity index is 0.000000312. The number of carbonyl (C=O) groups is 1. The smallest absolute Gasteiger partial charge is 0.413 e. The van der Waals surface area contributed by atoms with Crippen molar-refractivity contribution in [1.82, 2.24) is 9.97 Å². The van der Waals surface area contributed by atoms with E-state index in [-0.39, 0.29) is 0 Å². The molecule has 104 valence electrons. The van der Waals surface area contributed by atoms with Crippen LogP contribution in [0, 0.1) is 0 Å². The number of para-hydroxylation sites is 2. The van der Waals surface area contributed by atoms with Crippen molar-refractivity contribution in [2.24, 2.45) is 0 Å². The Morgan fingerprint density at radius 2 is 1.95 bits per heavy atom. The molecule has 0 aliphatic rings. The normalized spacial score (nSPS) is 10.5. The van der Waals surface area contributed by atoms with Crippen molar-refractivity contribution in [3.63, 3.8) is 0 Å². The summed E-state index contributed by atoms with van der Waals surface area (Å²) in [5, 5.41) is 2.45. The van der Waals surface area contributed by atoms with Gasteiger partial charge in [0.25, 0.3) is 0 Å². The number of aromatic amines is 1. The molecule has 19 heavy (non-hydrogen) atoms. The van der Waals surface area contributed by atoms with Crippen LogP contribution in [-0.4, -0.2) is 40.7 Å². The second-order valence-electron chi connectivity index (χ2n) is 3.17. The van der Waals surface area contributed by atoms with Gasteiger partial charge in [0.1, 0.15) is 0 Å². The van der Waals surface area contributed by atoms with E-state index in [2.05, 4.69) is 20.0 Å². The fraction of sp³-hybridized carbons (Fsp3) is 0.111. The molecule has 0 aliphatic heterocycles. The lowest BCUT2D eigenvalue weighted by Gasteiger charge is -1.96. The molecular weight excluding hydrogens is 278 g/mol. The van der Waals surface area contributed by atoms with Crippen molar-refractivity contribution >= 4 is 33.5 Å². The number of anilines is 1. The van der Waals surface area contributed by atoms with E-state index in [1.807, 2.05) is 24.3 Å². The number of fused-ring (bicyclic) bond motifs is 1. The topological polar surface area (TPSA) is 142 Å². The van der Waals surface area contributed by atoms with Gasteiger partial charge in [-0.25, -0.2) is 9.78 Å². The number of imidazole rings is 1. The highest BCUT2D eigenvalue weighted by Crippen LogP contribution is 2.12. The first-order chi connectivity index (χ1) is 8.79. The van der Waals surface area contributed by atoms with Gasteiger partial charge in [-0.15, -0.1) is 0 Å². The van der Waals surface area contributed by atoms with Crippen LogP contribution < -0.4 is 5.32 Å². The number of amides is 1. The van der Waals surface area contributed by atoms with E-state index in [0.29, 0.717) is 5.95 Å². The standard InChI is InChI=1S/C9H9N3O2.H2O4S/c1-14-9(13)12-8-10-6-4-2-3-5-7(6)11-8;1-5(2,3)4/h2-5H,1H3,(H2,10,11,12,13);(H2,1,2,3,4). The van der Waals surface area contributed by atoms with Crippen molar-refractivity contribution in [3.8, 4) is 0 Å². The first kappa shape index (κ1) is 14.9. The van der Waals surface area contributed by atoms with Crippen molar-refractivity contribution in [2.75, 3.05) is 12.4 Å². The number of aromatic nitrogens is 2. The monoisotopic (exact) mass is 289 g/mol. The molecular formula is C9H11N3O6S. The third-order valence-corrected chi connectivity index (χ3v) is 1.80. The Bertz CT molecular complexity index is 624. The molecule has 4 N–H and O–H groups in total. The second kappa shape index (κ2) is 6.13. The van der Waals surface area contributed by atoms with Gasteiger partial charge in [0.15, 0.2) is 0 Å². The number of hydrogen-bond donors (Lipinski definition) is 4. The summed E-state index contributed by atoms with van der Waals surface area (Å²) >= 11 is 0. The molecule has 0 saturated heterocycles. The van der Waals surface area contributed by atoms with Crippen LogP contribution in [0.4, 0.5) is 10.7 Å². The first-order valence-corrected chi connectivity index (χ1v) is 6.19. The number of rotatable bonds is 1. The van der Waals surface area contributed by atoms with Crippen LogP contribution >= 0.6 is 0 Å². The molecule has 10 heteroatoms. The van der Waals surface area contributed by atoms with Crippen molar-refractivity contribution in [3.05, 3.63) is 24.3 Å². The van der Waals surface area contributed by atoms with Crippen LogP contribution in [0.2, 0.25) is 0 Å². The maximum Gasteiger partial charge on any atom is 0.413 e. The summed E-state index contributed by atoms with van der Waals surface area (Å²) in [5.74, 6) is 0.387. The van der Waals surface area contributed by atoms with Gasteiger partial charge in [-0.1, -0.05) is 12.1 Å². The van der Waals surface area contributed by atoms with E-state index < -0.39 is 16.5 Å². The summed E-state index contributed by atoms with van der Waals surface area (Å²) < 4.78 is 36.0. The van der Waals surface area contributed by atoms with Gasteiger partial charge in [0, 0.05) is 0 Å².